The fourth-order valence-corrected chi connectivity index (χ4v) is 12.7. The van der Waals surface area contributed by atoms with E-state index in [0.717, 1.165) is 0 Å². The molecular formula is C54H61BN2S. The highest BCUT2D eigenvalue weighted by Crippen LogP contribution is 2.56. The van der Waals surface area contributed by atoms with Crippen LogP contribution in [0, 0.1) is 13.8 Å². The summed E-state index contributed by atoms with van der Waals surface area (Å²) in [5.41, 5.74) is 21.5. The van der Waals surface area contributed by atoms with Crippen LogP contribution in [0.15, 0.2) is 84.9 Å². The molecule has 2 aliphatic carbocycles. The van der Waals surface area contributed by atoms with Gasteiger partial charge in [0.15, 0.2) is 0 Å². The van der Waals surface area contributed by atoms with E-state index >= 15 is 0 Å². The third-order valence-corrected chi connectivity index (χ3v) is 16.3. The Morgan fingerprint density at radius 1 is 0.586 bits per heavy atom. The van der Waals surface area contributed by atoms with Crippen molar-refractivity contribution in [3.05, 3.63) is 124 Å². The lowest BCUT2D eigenvalue weighted by Crippen LogP contribution is -2.61. The van der Waals surface area contributed by atoms with E-state index in [1.54, 1.807) is 5.56 Å². The number of fused-ring (bicyclic) bond motifs is 9. The zero-order valence-corrected chi connectivity index (χ0v) is 38.1. The van der Waals surface area contributed by atoms with Crippen LogP contribution in [-0.2, 0) is 27.1 Å². The smallest absolute Gasteiger partial charge is 0.254 e. The topological polar surface area (TPSA) is 6.48 Å². The van der Waals surface area contributed by atoms with Crippen molar-refractivity contribution in [1.82, 2.24) is 0 Å². The van der Waals surface area contributed by atoms with E-state index in [1.165, 1.54) is 119 Å². The van der Waals surface area contributed by atoms with Crippen molar-refractivity contribution in [2.24, 2.45) is 0 Å². The summed E-state index contributed by atoms with van der Waals surface area (Å²) in [6.07, 6.45) is 4.77. The van der Waals surface area contributed by atoms with Crippen LogP contribution in [-0.4, -0.2) is 6.71 Å². The molecule has 4 aliphatic rings. The van der Waals surface area contributed by atoms with Gasteiger partial charge in [-0.3, -0.25) is 0 Å². The van der Waals surface area contributed by atoms with Crippen molar-refractivity contribution < 1.29 is 0 Å². The molecule has 6 aromatic rings. The number of nitrogens with zero attached hydrogens (tertiary/aromatic N) is 2. The number of hydrogen-bond donors (Lipinski definition) is 0. The minimum absolute atomic E-state index is 0.0109. The molecule has 0 bridgehead atoms. The average Bonchev–Trinajstić information content (AvgIpc) is 3.54. The van der Waals surface area contributed by atoms with Crippen LogP contribution in [0.25, 0.3) is 10.1 Å². The first-order chi connectivity index (χ1) is 27.2. The molecule has 0 fully saturated rings. The fourth-order valence-electron chi connectivity index (χ4n) is 11.4. The summed E-state index contributed by atoms with van der Waals surface area (Å²) in [6, 6.07) is 34.0. The van der Waals surface area contributed by atoms with Gasteiger partial charge in [-0.2, -0.15) is 0 Å². The van der Waals surface area contributed by atoms with Crippen LogP contribution in [0.4, 0.5) is 33.4 Å². The summed E-state index contributed by atoms with van der Waals surface area (Å²) in [7, 11) is 0. The van der Waals surface area contributed by atoms with Crippen molar-refractivity contribution in [3.8, 4) is 0 Å². The summed E-state index contributed by atoms with van der Waals surface area (Å²) < 4.78 is 1.36. The van der Waals surface area contributed by atoms with E-state index in [-0.39, 0.29) is 33.8 Å². The number of aryl methyl sites for hydroxylation is 2. The van der Waals surface area contributed by atoms with Gasteiger partial charge in [0, 0.05) is 33.1 Å². The Labute approximate surface area is 352 Å². The molecule has 10 rings (SSSR count). The third-order valence-electron chi connectivity index (χ3n) is 15.1. The minimum atomic E-state index is 0.0109. The Hall–Kier alpha value is -4.28. The molecule has 1 aromatic heterocycles. The van der Waals surface area contributed by atoms with E-state index in [2.05, 4.69) is 185 Å². The summed E-state index contributed by atoms with van der Waals surface area (Å²) in [6.45, 7) is 31.7. The normalized spacial score (nSPS) is 19.3. The molecule has 296 valence electrons. The Balaban J connectivity index is 1.35. The predicted molar refractivity (Wildman–Crippen MR) is 255 cm³/mol. The quantitative estimate of drug-likeness (QED) is 0.161. The Bertz CT molecular complexity index is 2700. The Morgan fingerprint density at radius 3 is 1.83 bits per heavy atom. The van der Waals surface area contributed by atoms with Crippen molar-refractivity contribution in [2.45, 2.75) is 143 Å². The van der Waals surface area contributed by atoms with Crippen LogP contribution < -0.4 is 26.2 Å². The first kappa shape index (κ1) is 38.0. The van der Waals surface area contributed by atoms with Crippen LogP contribution in [0.1, 0.15) is 141 Å². The van der Waals surface area contributed by atoms with E-state index in [1.807, 2.05) is 11.3 Å². The molecule has 0 spiro atoms. The monoisotopic (exact) mass is 780 g/mol. The Morgan fingerprint density at radius 2 is 1.17 bits per heavy atom. The minimum Gasteiger partial charge on any atom is -0.311 e. The van der Waals surface area contributed by atoms with Gasteiger partial charge in [0.1, 0.15) is 0 Å². The molecule has 4 heteroatoms. The molecular weight excluding hydrogens is 719 g/mol. The molecule has 3 heterocycles. The molecule has 0 saturated carbocycles. The fraction of sp³-hybridized carbons (Fsp3) is 0.407. The van der Waals surface area contributed by atoms with Crippen LogP contribution in [0.3, 0.4) is 0 Å². The molecule has 0 unspecified atom stereocenters. The van der Waals surface area contributed by atoms with Crippen molar-refractivity contribution in [1.29, 1.82) is 0 Å². The van der Waals surface area contributed by atoms with Crippen molar-refractivity contribution >= 4 is 78.0 Å². The first-order valence-corrected chi connectivity index (χ1v) is 22.7. The lowest BCUT2D eigenvalue weighted by atomic mass is 9.33. The molecule has 0 N–H and O–H groups in total. The van der Waals surface area contributed by atoms with E-state index in [0.29, 0.717) is 0 Å². The number of thiophene rings is 1. The summed E-state index contributed by atoms with van der Waals surface area (Å²) >= 11 is 1.96. The highest BCUT2D eigenvalue weighted by Gasteiger charge is 2.50. The Kier molecular flexibility index (Phi) is 7.96. The lowest BCUT2D eigenvalue weighted by Gasteiger charge is -2.50. The van der Waals surface area contributed by atoms with E-state index in [4.69, 9.17) is 0 Å². The summed E-state index contributed by atoms with van der Waals surface area (Å²) in [5.74, 6) is 0. The molecule has 0 atom stereocenters. The van der Waals surface area contributed by atoms with Crippen LogP contribution in [0.5, 0.6) is 0 Å². The maximum absolute atomic E-state index is 2.79. The number of benzene rings is 5. The van der Waals surface area contributed by atoms with E-state index < -0.39 is 0 Å². The highest BCUT2D eigenvalue weighted by atomic mass is 32.1. The van der Waals surface area contributed by atoms with Gasteiger partial charge in [0.2, 0.25) is 0 Å². The van der Waals surface area contributed by atoms with Crippen LogP contribution >= 0.6 is 11.3 Å². The second kappa shape index (κ2) is 12.2. The van der Waals surface area contributed by atoms with Gasteiger partial charge < -0.3 is 9.80 Å². The molecule has 2 aliphatic heterocycles. The van der Waals surface area contributed by atoms with Gasteiger partial charge in [0.05, 0.1) is 5.00 Å². The van der Waals surface area contributed by atoms with Crippen LogP contribution in [0.2, 0.25) is 0 Å². The van der Waals surface area contributed by atoms with Gasteiger partial charge in [0.25, 0.3) is 6.71 Å². The maximum Gasteiger partial charge on any atom is 0.254 e. The zero-order chi connectivity index (χ0) is 41.1. The van der Waals surface area contributed by atoms with Gasteiger partial charge >= 0.3 is 0 Å². The molecule has 2 nitrogen and oxygen atoms in total. The highest BCUT2D eigenvalue weighted by molar-refractivity contribution is 7.26. The third kappa shape index (κ3) is 5.35. The van der Waals surface area contributed by atoms with Gasteiger partial charge in [-0.05, 0) is 164 Å². The number of hydrogen-bond acceptors (Lipinski definition) is 3. The summed E-state index contributed by atoms with van der Waals surface area (Å²) in [5, 5.41) is 2.73. The van der Waals surface area contributed by atoms with Gasteiger partial charge in [-0.1, -0.05) is 125 Å². The largest absolute Gasteiger partial charge is 0.311 e. The second-order valence-electron chi connectivity index (χ2n) is 22.1. The summed E-state index contributed by atoms with van der Waals surface area (Å²) in [4.78, 5) is 5.40. The second-order valence-corrected chi connectivity index (χ2v) is 23.1. The molecule has 5 aromatic carbocycles. The zero-order valence-electron chi connectivity index (χ0n) is 37.3. The maximum atomic E-state index is 2.79. The van der Waals surface area contributed by atoms with E-state index in [9.17, 15) is 0 Å². The number of anilines is 6. The predicted octanol–water partition coefficient (Wildman–Crippen LogP) is 13.6. The van der Waals surface area contributed by atoms with Gasteiger partial charge in [-0.25, -0.2) is 0 Å². The first-order valence-electron chi connectivity index (χ1n) is 21.9. The van der Waals surface area contributed by atoms with Gasteiger partial charge in [-0.15, -0.1) is 11.3 Å². The lowest BCUT2D eigenvalue weighted by molar-refractivity contribution is 0.331. The average molecular weight is 781 g/mol. The standard InChI is InChI=1S/C54H61BN2S/c1-32-28-42-47-43(29-32)57(41-31-39-38(30-33(41)2)52(8,9)24-25-53(39,10)11)48-40(23-22-37-45(48)54(12,13)27-26-51(37,6)7)55(47)46-36-16-14-15-17-44(36)58-49(46)56(42)35-20-18-34(19-21-35)50(3,4)5/h14-23,28-31H,24-27H2,1-13H3. The van der Waals surface area contributed by atoms with Crippen molar-refractivity contribution in [3.63, 3.8) is 0 Å². The van der Waals surface area contributed by atoms with Crippen molar-refractivity contribution in [2.75, 3.05) is 9.80 Å². The molecule has 0 saturated heterocycles. The number of rotatable bonds is 2. The molecule has 0 radical (unpaired) electrons. The molecule has 58 heavy (non-hydrogen) atoms. The SMILES string of the molecule is Cc1cc2c3c(c1)N(c1cc4c(cc1C)C(C)(C)CCC4(C)C)c1c(ccc4c1C(C)(C)CCC4(C)C)B3c1c(sc3ccccc13)N2c1ccc(C(C)(C)C)cc1. The molecule has 0 amide bonds.